The van der Waals surface area contributed by atoms with Gasteiger partial charge in [-0.2, -0.15) is 0 Å². The van der Waals surface area contributed by atoms with Gasteiger partial charge >= 0.3 is 12.1 Å². The highest BCUT2D eigenvalue weighted by molar-refractivity contribution is 5.92. The highest BCUT2D eigenvalue weighted by Crippen LogP contribution is 2.10. The molecule has 0 radical (unpaired) electrons. The monoisotopic (exact) mass is 595 g/mol. The minimum absolute atomic E-state index is 0.00455. The topological polar surface area (TPSA) is 179 Å². The Bertz CT molecular complexity index is 1220. The van der Waals surface area contributed by atoms with Crippen molar-refractivity contribution in [3.63, 3.8) is 0 Å². The predicted octanol–water partition coefficient (Wildman–Crippen LogP) is 2.32. The van der Waals surface area contributed by atoms with Crippen molar-refractivity contribution in [2.45, 2.75) is 71.2 Å². The van der Waals surface area contributed by atoms with Crippen LogP contribution in [-0.2, 0) is 41.7 Å². The van der Waals surface area contributed by atoms with Crippen LogP contribution in [-0.4, -0.2) is 59.5 Å². The quantitative estimate of drug-likeness (QED) is 0.159. The summed E-state index contributed by atoms with van der Waals surface area (Å²) in [5.41, 5.74) is 6.81. The van der Waals surface area contributed by atoms with Crippen LogP contribution in [0, 0.1) is 5.92 Å². The normalized spacial score (nSPS) is 13.0. The minimum Gasteiger partial charge on any atom is -0.463 e. The molecular weight excluding hydrogens is 554 g/mol. The number of primary amides is 1. The van der Waals surface area contributed by atoms with Crippen LogP contribution in [0.4, 0.5) is 4.79 Å². The van der Waals surface area contributed by atoms with E-state index in [1.165, 1.54) is 12.2 Å². The molecule has 0 spiro atoms. The molecule has 3 atom stereocenters. The van der Waals surface area contributed by atoms with E-state index in [9.17, 15) is 24.0 Å². The van der Waals surface area contributed by atoms with Gasteiger partial charge in [0.2, 0.25) is 17.7 Å². The summed E-state index contributed by atoms with van der Waals surface area (Å²) in [7, 11) is 0. The Balaban J connectivity index is 2.20. The molecule has 0 saturated carbocycles. The fourth-order valence-electron chi connectivity index (χ4n) is 4.03. The first-order chi connectivity index (χ1) is 20.6. The molecule has 0 aliphatic carbocycles. The summed E-state index contributed by atoms with van der Waals surface area (Å²) in [4.78, 5) is 66.8. The lowest BCUT2D eigenvalue weighted by Crippen LogP contribution is -2.55. The first-order valence-corrected chi connectivity index (χ1v) is 14.2. The minimum atomic E-state index is -1.05. The number of esters is 1. The summed E-state index contributed by atoms with van der Waals surface area (Å²) >= 11 is 0. The van der Waals surface area contributed by atoms with E-state index < -0.39 is 47.9 Å². The second-order valence-corrected chi connectivity index (χ2v) is 10.2. The van der Waals surface area contributed by atoms with Gasteiger partial charge in [0.25, 0.3) is 0 Å². The highest BCUT2D eigenvalue weighted by Gasteiger charge is 2.29. The number of nitrogens with zero attached hydrogens (tertiary/aromatic N) is 1. The zero-order valence-corrected chi connectivity index (χ0v) is 24.8. The molecule has 1 aromatic heterocycles. The first kappa shape index (κ1) is 34.5. The number of hydrogen-bond donors (Lipinski definition) is 4. The molecule has 1 heterocycles. The summed E-state index contributed by atoms with van der Waals surface area (Å²) in [6.07, 6.45) is 5.48. The zero-order valence-electron chi connectivity index (χ0n) is 24.8. The summed E-state index contributed by atoms with van der Waals surface area (Å²) in [6, 6.07) is 9.72. The fourth-order valence-corrected chi connectivity index (χ4v) is 4.03. The molecule has 0 aliphatic rings. The summed E-state index contributed by atoms with van der Waals surface area (Å²) in [5.74, 6) is -2.27. The maximum absolute atomic E-state index is 13.5. The molecule has 12 heteroatoms. The van der Waals surface area contributed by atoms with Gasteiger partial charge in [-0.3, -0.25) is 19.4 Å². The van der Waals surface area contributed by atoms with Crippen LogP contribution in [0.25, 0.3) is 0 Å². The van der Waals surface area contributed by atoms with Gasteiger partial charge in [-0.1, -0.05) is 50.3 Å². The van der Waals surface area contributed by atoms with Gasteiger partial charge in [-0.25, -0.2) is 9.59 Å². The van der Waals surface area contributed by atoms with Gasteiger partial charge in [-0.15, -0.1) is 0 Å². The van der Waals surface area contributed by atoms with Crippen LogP contribution < -0.4 is 21.7 Å². The molecule has 0 unspecified atom stereocenters. The van der Waals surface area contributed by atoms with Gasteiger partial charge in [0.05, 0.1) is 6.61 Å². The lowest BCUT2D eigenvalue weighted by molar-refractivity contribution is -0.137. The Kier molecular flexibility index (Phi) is 14.9. The van der Waals surface area contributed by atoms with Crippen molar-refractivity contribution >= 4 is 29.8 Å². The van der Waals surface area contributed by atoms with Crippen molar-refractivity contribution in [3.05, 3.63) is 78.1 Å². The average Bonchev–Trinajstić information content (AvgIpc) is 2.97. The number of ether oxygens (including phenoxy) is 2. The van der Waals surface area contributed by atoms with E-state index in [2.05, 4.69) is 20.9 Å². The molecular formula is C31H41N5O7. The largest absolute Gasteiger partial charge is 0.463 e. The Hall–Kier alpha value is -4.74. The first-order valence-electron chi connectivity index (χ1n) is 14.2. The predicted molar refractivity (Wildman–Crippen MR) is 159 cm³/mol. The third kappa shape index (κ3) is 14.1. The van der Waals surface area contributed by atoms with Gasteiger partial charge in [0.1, 0.15) is 18.7 Å². The maximum Gasteiger partial charge on any atom is 0.408 e. The number of hydrogen-bond acceptors (Lipinski definition) is 8. The number of pyridine rings is 1. The number of alkyl carbamates (subject to hydrolysis) is 1. The van der Waals surface area contributed by atoms with Gasteiger partial charge in [0, 0.05) is 37.4 Å². The Morgan fingerprint density at radius 2 is 1.56 bits per heavy atom. The Morgan fingerprint density at radius 3 is 2.19 bits per heavy atom. The third-order valence-electron chi connectivity index (χ3n) is 6.13. The fraction of sp³-hybridized carbons (Fsp3) is 0.419. The number of benzene rings is 1. The Labute approximate surface area is 251 Å². The van der Waals surface area contributed by atoms with Gasteiger partial charge < -0.3 is 31.2 Å². The number of nitrogens with two attached hydrogens (primary N) is 1. The van der Waals surface area contributed by atoms with Crippen LogP contribution >= 0.6 is 0 Å². The number of rotatable bonds is 17. The second-order valence-electron chi connectivity index (χ2n) is 10.2. The van der Waals surface area contributed by atoms with Gasteiger partial charge in [0.15, 0.2) is 0 Å². The number of nitrogens with one attached hydrogen (secondary N) is 3. The molecule has 43 heavy (non-hydrogen) atoms. The van der Waals surface area contributed by atoms with Crippen molar-refractivity contribution in [3.8, 4) is 0 Å². The van der Waals surface area contributed by atoms with Crippen molar-refractivity contribution < 1.29 is 33.4 Å². The van der Waals surface area contributed by atoms with Crippen molar-refractivity contribution in [1.29, 1.82) is 0 Å². The summed E-state index contributed by atoms with van der Waals surface area (Å²) in [5, 5.41) is 8.16. The van der Waals surface area contributed by atoms with Crippen LogP contribution in [0.3, 0.4) is 0 Å². The molecule has 2 rings (SSSR count). The maximum atomic E-state index is 13.5. The summed E-state index contributed by atoms with van der Waals surface area (Å²) in [6.45, 7) is 5.64. The van der Waals surface area contributed by atoms with Crippen molar-refractivity contribution in [2.75, 3.05) is 6.61 Å². The van der Waals surface area contributed by atoms with Crippen LogP contribution in [0.5, 0.6) is 0 Å². The summed E-state index contributed by atoms with van der Waals surface area (Å²) < 4.78 is 10.2. The highest BCUT2D eigenvalue weighted by atomic mass is 16.5. The van der Waals surface area contributed by atoms with E-state index in [4.69, 9.17) is 15.2 Å². The van der Waals surface area contributed by atoms with E-state index in [-0.39, 0.29) is 38.4 Å². The van der Waals surface area contributed by atoms with Crippen LogP contribution in [0.1, 0.15) is 51.2 Å². The van der Waals surface area contributed by atoms with Crippen molar-refractivity contribution in [1.82, 2.24) is 20.9 Å². The van der Waals surface area contributed by atoms with E-state index in [1.54, 1.807) is 31.5 Å². The molecule has 0 fully saturated rings. The van der Waals surface area contributed by atoms with Gasteiger partial charge in [-0.05, 0) is 48.9 Å². The molecule has 0 saturated heterocycles. The standard InChI is InChI=1S/C31H41N5O7/c1-4-42-28(38)13-11-24(10-12-27(32)37)34-29(39)26(19-22-8-6-5-7-9-22)35-30(40)25(18-21(2)3)36-31(41)43-20-23-14-16-33-17-15-23/h5-9,11,13-17,21,24-26H,4,10,12,18-20H2,1-3H3,(H2,32,37)(H,34,39)(H,35,40)(H,36,41)/b13-11+/t24-,25-,26-/m0/s1. The molecule has 1 aromatic carbocycles. The molecule has 0 bridgehead atoms. The molecule has 12 nitrogen and oxygen atoms in total. The number of amides is 4. The lowest BCUT2D eigenvalue weighted by atomic mass is 10.0. The SMILES string of the molecule is CCOC(=O)/C=C/[C@H](CCC(N)=O)NC(=O)[C@H](Cc1ccccc1)NC(=O)[C@H](CC(C)C)NC(=O)OCc1ccncc1. The average molecular weight is 596 g/mol. The molecule has 2 aromatic rings. The molecule has 232 valence electrons. The molecule has 5 N–H and O–H groups in total. The van der Waals surface area contributed by atoms with Crippen LogP contribution in [0.15, 0.2) is 67.0 Å². The van der Waals surface area contributed by atoms with E-state index in [0.29, 0.717) is 6.42 Å². The number of carbonyl (C=O) groups excluding carboxylic acids is 5. The zero-order chi connectivity index (χ0) is 31.6. The Morgan fingerprint density at radius 1 is 0.884 bits per heavy atom. The van der Waals surface area contributed by atoms with Crippen LogP contribution in [0.2, 0.25) is 0 Å². The third-order valence-corrected chi connectivity index (χ3v) is 6.13. The lowest BCUT2D eigenvalue weighted by Gasteiger charge is -2.25. The van der Waals surface area contributed by atoms with E-state index in [0.717, 1.165) is 11.1 Å². The molecule has 0 aliphatic heterocycles. The van der Waals surface area contributed by atoms with Crippen molar-refractivity contribution in [2.24, 2.45) is 11.7 Å². The van der Waals surface area contributed by atoms with E-state index in [1.807, 2.05) is 44.2 Å². The van der Waals surface area contributed by atoms with E-state index >= 15 is 0 Å². The second kappa shape index (κ2) is 18.6. The number of carbonyl (C=O) groups is 5. The molecule has 4 amide bonds. The number of aromatic nitrogens is 1. The smallest absolute Gasteiger partial charge is 0.408 e.